The van der Waals surface area contributed by atoms with Gasteiger partial charge in [0.15, 0.2) is 0 Å². The molecule has 2 N–H and O–H groups in total. The molecule has 122 valence electrons. The van der Waals surface area contributed by atoms with Crippen LogP contribution in [0.25, 0.3) is 0 Å². The van der Waals surface area contributed by atoms with Crippen LogP contribution in [-0.4, -0.2) is 48.3 Å². The molecule has 8 heteroatoms. The Morgan fingerprint density at radius 1 is 1.29 bits per heavy atom. The third-order valence-electron chi connectivity index (χ3n) is 3.82. The van der Waals surface area contributed by atoms with Crippen LogP contribution in [0.5, 0.6) is 0 Å². The number of carboxylic acid groups (broad SMARTS) is 1. The molecule has 0 saturated heterocycles. The molecule has 2 unspecified atom stereocenters. The van der Waals surface area contributed by atoms with Crippen LogP contribution in [-0.2, 0) is 4.79 Å². The lowest BCUT2D eigenvalue weighted by Crippen LogP contribution is -2.43. The summed E-state index contributed by atoms with van der Waals surface area (Å²) >= 11 is 0. The summed E-state index contributed by atoms with van der Waals surface area (Å²) in [5.74, 6) is -1.52. The minimum Gasteiger partial charge on any atom is -0.481 e. The summed E-state index contributed by atoms with van der Waals surface area (Å²) in [6, 6.07) is -0.603. The van der Waals surface area contributed by atoms with Crippen molar-refractivity contribution in [1.82, 2.24) is 10.2 Å². The molecule has 0 aromatic rings. The van der Waals surface area contributed by atoms with Crippen LogP contribution in [0.4, 0.5) is 18.0 Å². The first kappa shape index (κ1) is 17.6. The van der Waals surface area contributed by atoms with Gasteiger partial charge in [-0.25, -0.2) is 4.79 Å². The fraction of sp³-hybridized carbons (Fsp3) is 0.846. The van der Waals surface area contributed by atoms with Gasteiger partial charge >= 0.3 is 18.2 Å². The van der Waals surface area contributed by atoms with Crippen LogP contribution in [0.2, 0.25) is 0 Å². The summed E-state index contributed by atoms with van der Waals surface area (Å²) in [6.07, 6.45) is -2.30. The SMILES string of the molecule is CN(CCC(F)(F)F)C(=O)NCC1CCCCC1C(=O)O. The number of carbonyl (C=O) groups excluding carboxylic acids is 1. The first-order valence-corrected chi connectivity index (χ1v) is 6.99. The van der Waals surface area contributed by atoms with E-state index >= 15 is 0 Å². The molecule has 0 aromatic carbocycles. The summed E-state index contributed by atoms with van der Waals surface area (Å²) in [5, 5.41) is 11.6. The molecule has 0 radical (unpaired) electrons. The molecular weight excluding hydrogens is 289 g/mol. The quantitative estimate of drug-likeness (QED) is 0.819. The number of hydrogen-bond donors (Lipinski definition) is 2. The van der Waals surface area contributed by atoms with Gasteiger partial charge in [-0.3, -0.25) is 4.79 Å². The summed E-state index contributed by atoms with van der Waals surface area (Å²) in [6.45, 7) is -0.228. The molecule has 1 aliphatic rings. The van der Waals surface area contributed by atoms with Crippen molar-refractivity contribution in [2.45, 2.75) is 38.3 Å². The summed E-state index contributed by atoms with van der Waals surface area (Å²) in [5.41, 5.74) is 0. The van der Waals surface area contributed by atoms with Crippen LogP contribution in [0.3, 0.4) is 0 Å². The molecule has 1 aliphatic carbocycles. The van der Waals surface area contributed by atoms with Crippen LogP contribution in [0.15, 0.2) is 0 Å². The van der Waals surface area contributed by atoms with Crippen molar-refractivity contribution in [3.05, 3.63) is 0 Å². The van der Waals surface area contributed by atoms with Gasteiger partial charge in [0, 0.05) is 20.1 Å². The molecule has 1 rings (SSSR count). The van der Waals surface area contributed by atoms with Crippen LogP contribution in [0, 0.1) is 11.8 Å². The highest BCUT2D eigenvalue weighted by Crippen LogP contribution is 2.29. The molecule has 0 aromatic heterocycles. The van der Waals surface area contributed by atoms with Crippen molar-refractivity contribution < 1.29 is 27.9 Å². The first-order chi connectivity index (χ1) is 9.70. The van der Waals surface area contributed by atoms with E-state index in [4.69, 9.17) is 5.11 Å². The Balaban J connectivity index is 2.38. The fourth-order valence-corrected chi connectivity index (χ4v) is 2.53. The van der Waals surface area contributed by atoms with Gasteiger partial charge in [-0.2, -0.15) is 13.2 Å². The van der Waals surface area contributed by atoms with Gasteiger partial charge in [-0.1, -0.05) is 12.8 Å². The first-order valence-electron chi connectivity index (χ1n) is 6.99. The number of urea groups is 1. The van der Waals surface area contributed by atoms with E-state index in [1.165, 1.54) is 7.05 Å². The minimum absolute atomic E-state index is 0.156. The summed E-state index contributed by atoms with van der Waals surface area (Å²) in [7, 11) is 1.29. The number of hydrogen-bond acceptors (Lipinski definition) is 2. The number of amides is 2. The Morgan fingerprint density at radius 2 is 1.90 bits per heavy atom. The van der Waals surface area contributed by atoms with Crippen LogP contribution < -0.4 is 5.32 Å². The maximum atomic E-state index is 12.1. The normalized spacial score (nSPS) is 22.7. The zero-order valence-electron chi connectivity index (χ0n) is 11.9. The number of halogens is 3. The van der Waals surface area contributed by atoms with E-state index < -0.39 is 37.1 Å². The third-order valence-corrected chi connectivity index (χ3v) is 3.82. The molecule has 2 amide bonds. The highest BCUT2D eigenvalue weighted by molar-refractivity contribution is 5.74. The molecule has 21 heavy (non-hydrogen) atoms. The van der Waals surface area contributed by atoms with Crippen molar-refractivity contribution >= 4 is 12.0 Å². The van der Waals surface area contributed by atoms with Gasteiger partial charge in [0.05, 0.1) is 12.3 Å². The number of rotatable bonds is 5. The Bertz CT molecular complexity index is 374. The maximum Gasteiger partial charge on any atom is 0.390 e. The van der Waals surface area contributed by atoms with Gasteiger partial charge in [0.25, 0.3) is 0 Å². The van der Waals surface area contributed by atoms with E-state index in [1.54, 1.807) is 0 Å². The number of alkyl halides is 3. The lowest BCUT2D eigenvalue weighted by Gasteiger charge is -2.29. The predicted molar refractivity (Wildman–Crippen MR) is 69.8 cm³/mol. The third kappa shape index (κ3) is 6.22. The Kier molecular flexibility index (Phi) is 6.29. The van der Waals surface area contributed by atoms with E-state index in [2.05, 4.69) is 5.32 Å². The second-order valence-electron chi connectivity index (χ2n) is 5.46. The molecule has 0 heterocycles. The second-order valence-corrected chi connectivity index (χ2v) is 5.46. The van der Waals surface area contributed by atoms with Gasteiger partial charge in [0.1, 0.15) is 0 Å². The smallest absolute Gasteiger partial charge is 0.390 e. The second kappa shape index (κ2) is 7.51. The van der Waals surface area contributed by atoms with E-state index in [1.807, 2.05) is 0 Å². The van der Waals surface area contributed by atoms with Gasteiger partial charge < -0.3 is 15.3 Å². The van der Waals surface area contributed by atoms with Crippen molar-refractivity contribution in [2.75, 3.05) is 20.1 Å². The van der Waals surface area contributed by atoms with E-state index in [0.717, 1.165) is 17.7 Å². The van der Waals surface area contributed by atoms with Crippen molar-refractivity contribution in [1.29, 1.82) is 0 Å². The topological polar surface area (TPSA) is 69.6 Å². The fourth-order valence-electron chi connectivity index (χ4n) is 2.53. The average Bonchev–Trinajstić information content (AvgIpc) is 2.41. The number of nitrogens with zero attached hydrogens (tertiary/aromatic N) is 1. The monoisotopic (exact) mass is 310 g/mol. The maximum absolute atomic E-state index is 12.1. The Morgan fingerprint density at radius 3 is 2.48 bits per heavy atom. The van der Waals surface area contributed by atoms with Crippen molar-refractivity contribution in [2.24, 2.45) is 11.8 Å². The molecular formula is C13H21F3N2O3. The Labute approximate surface area is 121 Å². The molecule has 0 spiro atoms. The minimum atomic E-state index is -4.30. The van der Waals surface area contributed by atoms with Crippen LogP contribution >= 0.6 is 0 Å². The van der Waals surface area contributed by atoms with Crippen molar-refractivity contribution in [3.63, 3.8) is 0 Å². The zero-order valence-corrected chi connectivity index (χ0v) is 11.9. The molecule has 0 bridgehead atoms. The van der Waals surface area contributed by atoms with Gasteiger partial charge in [-0.15, -0.1) is 0 Å². The molecule has 2 atom stereocenters. The van der Waals surface area contributed by atoms with Crippen LogP contribution in [0.1, 0.15) is 32.1 Å². The van der Waals surface area contributed by atoms with Crippen molar-refractivity contribution in [3.8, 4) is 0 Å². The number of aliphatic carboxylic acids is 1. The average molecular weight is 310 g/mol. The lowest BCUT2D eigenvalue weighted by molar-refractivity contribution is -0.145. The number of carboxylic acids is 1. The molecule has 0 aliphatic heterocycles. The predicted octanol–water partition coefficient (Wildman–Crippen LogP) is 2.47. The highest BCUT2D eigenvalue weighted by Gasteiger charge is 2.31. The standard InChI is InChI=1S/C13H21F3N2O3/c1-18(7-6-13(14,15)16)12(21)17-8-9-4-2-3-5-10(9)11(19)20/h9-10H,2-8H2,1H3,(H,17,21)(H,19,20). The molecule has 1 saturated carbocycles. The van der Waals surface area contributed by atoms with Gasteiger partial charge in [0.2, 0.25) is 0 Å². The van der Waals surface area contributed by atoms with E-state index in [-0.39, 0.29) is 12.5 Å². The van der Waals surface area contributed by atoms with E-state index in [0.29, 0.717) is 12.8 Å². The highest BCUT2D eigenvalue weighted by atomic mass is 19.4. The summed E-state index contributed by atoms with van der Waals surface area (Å²) in [4.78, 5) is 23.8. The number of nitrogens with one attached hydrogen (secondary N) is 1. The summed E-state index contributed by atoms with van der Waals surface area (Å²) < 4.78 is 36.2. The molecule has 5 nitrogen and oxygen atoms in total. The number of carbonyl (C=O) groups is 2. The van der Waals surface area contributed by atoms with Gasteiger partial charge in [-0.05, 0) is 18.8 Å². The molecule has 1 fully saturated rings. The van der Waals surface area contributed by atoms with E-state index in [9.17, 15) is 22.8 Å². The largest absolute Gasteiger partial charge is 0.481 e. The lowest BCUT2D eigenvalue weighted by atomic mass is 9.79. The Hall–Kier alpha value is -1.47. The zero-order chi connectivity index (χ0) is 16.0.